The molecule has 0 fully saturated rings. The largest absolute Gasteiger partial charge is 0.497 e. The Bertz CT molecular complexity index is 1100. The molecule has 166 valence electrons. The number of para-hydroxylation sites is 1. The second-order valence-corrected chi connectivity index (χ2v) is 6.59. The molecule has 0 unspecified atom stereocenters. The molecule has 2 N–H and O–H groups in total. The number of alkyl halides is 3. The quantitative estimate of drug-likeness (QED) is 0.539. The van der Waals surface area contributed by atoms with Gasteiger partial charge in [-0.25, -0.2) is 0 Å². The summed E-state index contributed by atoms with van der Waals surface area (Å²) in [5.74, 6) is -0.341. The minimum Gasteiger partial charge on any atom is -0.497 e. The number of anilines is 2. The molecular formula is C23H19F3N2O4. The smallest absolute Gasteiger partial charge is 0.416 e. The molecule has 3 rings (SSSR count). The second kappa shape index (κ2) is 9.86. The number of rotatable bonds is 7. The van der Waals surface area contributed by atoms with Crippen LogP contribution in [0.15, 0.2) is 72.8 Å². The van der Waals surface area contributed by atoms with Gasteiger partial charge in [0.1, 0.15) is 11.5 Å². The Morgan fingerprint density at radius 2 is 1.59 bits per heavy atom. The first kappa shape index (κ1) is 22.7. The lowest BCUT2D eigenvalue weighted by Crippen LogP contribution is -2.22. The van der Waals surface area contributed by atoms with Gasteiger partial charge in [0.05, 0.1) is 23.9 Å². The van der Waals surface area contributed by atoms with Gasteiger partial charge in [-0.1, -0.05) is 18.2 Å². The van der Waals surface area contributed by atoms with Crippen LogP contribution in [0, 0.1) is 0 Å². The molecule has 0 atom stereocenters. The number of methoxy groups -OCH3 is 1. The molecule has 0 saturated heterocycles. The number of benzene rings is 3. The summed E-state index contributed by atoms with van der Waals surface area (Å²) in [6.45, 7) is -0.447. The van der Waals surface area contributed by atoms with Gasteiger partial charge < -0.3 is 20.1 Å². The summed E-state index contributed by atoms with van der Waals surface area (Å²) in [5.41, 5.74) is 0.179. The van der Waals surface area contributed by atoms with Gasteiger partial charge in [-0.2, -0.15) is 13.2 Å². The molecule has 2 amide bonds. The van der Waals surface area contributed by atoms with E-state index < -0.39 is 30.2 Å². The van der Waals surface area contributed by atoms with Crippen LogP contribution >= 0.6 is 0 Å². The Morgan fingerprint density at radius 3 is 2.28 bits per heavy atom. The Kier molecular flexibility index (Phi) is 6.99. The third-order valence-electron chi connectivity index (χ3n) is 4.32. The van der Waals surface area contributed by atoms with Crippen LogP contribution in [0.5, 0.6) is 11.5 Å². The SMILES string of the molecule is COc1cccc(NC(=O)c2ccccc2NC(=O)COc2ccc(C(F)(F)F)cc2)c1. The number of hydrogen-bond donors (Lipinski definition) is 2. The average Bonchev–Trinajstić information content (AvgIpc) is 2.78. The topological polar surface area (TPSA) is 76.7 Å². The number of halogens is 3. The molecule has 6 nitrogen and oxygen atoms in total. The molecule has 0 aliphatic heterocycles. The van der Waals surface area contributed by atoms with Gasteiger partial charge in [0.25, 0.3) is 11.8 Å². The highest BCUT2D eigenvalue weighted by Gasteiger charge is 2.30. The van der Waals surface area contributed by atoms with Crippen LogP contribution in [0.1, 0.15) is 15.9 Å². The molecule has 0 aliphatic carbocycles. The highest BCUT2D eigenvalue weighted by Crippen LogP contribution is 2.30. The maximum atomic E-state index is 12.7. The predicted octanol–water partition coefficient (Wildman–Crippen LogP) is 4.98. The second-order valence-electron chi connectivity index (χ2n) is 6.59. The molecule has 0 heterocycles. The lowest BCUT2D eigenvalue weighted by molar-refractivity contribution is -0.137. The Balaban J connectivity index is 1.62. The highest BCUT2D eigenvalue weighted by atomic mass is 19.4. The van der Waals surface area contributed by atoms with Gasteiger partial charge in [0, 0.05) is 11.8 Å². The summed E-state index contributed by atoms with van der Waals surface area (Å²) in [6.07, 6.45) is -4.45. The lowest BCUT2D eigenvalue weighted by Gasteiger charge is -2.13. The van der Waals surface area contributed by atoms with E-state index in [1.807, 2.05) is 0 Å². The van der Waals surface area contributed by atoms with Gasteiger partial charge in [-0.15, -0.1) is 0 Å². The predicted molar refractivity (Wildman–Crippen MR) is 113 cm³/mol. The van der Waals surface area contributed by atoms with Crippen LogP contribution < -0.4 is 20.1 Å². The Labute approximate surface area is 182 Å². The van der Waals surface area contributed by atoms with E-state index in [0.29, 0.717) is 11.4 Å². The van der Waals surface area contributed by atoms with Crippen molar-refractivity contribution in [3.8, 4) is 11.5 Å². The summed E-state index contributed by atoms with van der Waals surface area (Å²) in [5, 5.41) is 5.30. The van der Waals surface area contributed by atoms with Gasteiger partial charge in [-0.05, 0) is 48.5 Å². The van der Waals surface area contributed by atoms with Crippen molar-refractivity contribution in [1.29, 1.82) is 0 Å². The van der Waals surface area contributed by atoms with Gasteiger partial charge in [0.15, 0.2) is 6.61 Å². The summed E-state index contributed by atoms with van der Waals surface area (Å²) in [7, 11) is 1.51. The van der Waals surface area contributed by atoms with Crippen molar-refractivity contribution in [1.82, 2.24) is 0 Å². The Morgan fingerprint density at radius 1 is 0.875 bits per heavy atom. The molecule has 3 aromatic rings. The number of ether oxygens (including phenoxy) is 2. The van der Waals surface area contributed by atoms with Gasteiger partial charge >= 0.3 is 6.18 Å². The van der Waals surface area contributed by atoms with Crippen LogP contribution in [-0.4, -0.2) is 25.5 Å². The van der Waals surface area contributed by atoms with Crippen LogP contribution in [0.4, 0.5) is 24.5 Å². The standard InChI is InChI=1S/C23H19F3N2O4/c1-31-18-6-4-5-16(13-18)27-22(30)19-7-2-3-8-20(19)28-21(29)14-32-17-11-9-15(10-12-17)23(24,25)26/h2-13H,14H2,1H3,(H,27,30)(H,28,29). The minimum absolute atomic E-state index is 0.109. The van der Waals surface area contributed by atoms with Crippen molar-refractivity contribution in [2.45, 2.75) is 6.18 Å². The molecule has 32 heavy (non-hydrogen) atoms. The molecular weight excluding hydrogens is 425 g/mol. The van der Waals surface area contributed by atoms with E-state index in [2.05, 4.69) is 10.6 Å². The summed E-state index contributed by atoms with van der Waals surface area (Å²) >= 11 is 0. The van der Waals surface area contributed by atoms with E-state index >= 15 is 0 Å². The highest BCUT2D eigenvalue weighted by molar-refractivity contribution is 6.10. The fraction of sp³-hybridized carbons (Fsp3) is 0.130. The van der Waals surface area contributed by atoms with Gasteiger partial charge in [0.2, 0.25) is 0 Å². The van der Waals surface area contributed by atoms with E-state index in [1.54, 1.807) is 48.5 Å². The zero-order valence-electron chi connectivity index (χ0n) is 16.9. The summed E-state index contributed by atoms with van der Waals surface area (Å²) in [4.78, 5) is 24.9. The van der Waals surface area contributed by atoms with E-state index in [0.717, 1.165) is 24.3 Å². The number of amides is 2. The minimum atomic E-state index is -4.45. The van der Waals surface area contributed by atoms with Crippen LogP contribution in [0.3, 0.4) is 0 Å². The zero-order chi connectivity index (χ0) is 23.1. The summed E-state index contributed by atoms with van der Waals surface area (Å²) in [6, 6.07) is 17.2. The fourth-order valence-electron chi connectivity index (χ4n) is 2.76. The molecule has 0 spiro atoms. The van der Waals surface area contributed by atoms with Crippen molar-refractivity contribution < 1.29 is 32.2 Å². The molecule has 0 bridgehead atoms. The number of hydrogen-bond acceptors (Lipinski definition) is 4. The van der Waals surface area contributed by atoms with Crippen LogP contribution in [-0.2, 0) is 11.0 Å². The van der Waals surface area contributed by atoms with Crippen molar-refractivity contribution in [3.63, 3.8) is 0 Å². The Hall–Kier alpha value is -4.01. The molecule has 0 aliphatic rings. The van der Waals surface area contributed by atoms with Crippen LogP contribution in [0.25, 0.3) is 0 Å². The molecule has 0 aromatic heterocycles. The maximum Gasteiger partial charge on any atom is 0.416 e. The number of carbonyl (C=O) groups is 2. The monoisotopic (exact) mass is 444 g/mol. The van der Waals surface area contributed by atoms with E-state index in [4.69, 9.17) is 9.47 Å². The third-order valence-corrected chi connectivity index (χ3v) is 4.32. The maximum absolute atomic E-state index is 12.7. The molecule has 0 radical (unpaired) electrons. The average molecular weight is 444 g/mol. The lowest BCUT2D eigenvalue weighted by atomic mass is 10.1. The first-order valence-electron chi connectivity index (χ1n) is 9.40. The zero-order valence-corrected chi connectivity index (χ0v) is 16.9. The fourth-order valence-corrected chi connectivity index (χ4v) is 2.76. The normalized spacial score (nSPS) is 10.9. The summed E-state index contributed by atoms with van der Waals surface area (Å²) < 4.78 is 48.2. The van der Waals surface area contributed by atoms with Crippen molar-refractivity contribution >= 4 is 23.2 Å². The van der Waals surface area contributed by atoms with Crippen molar-refractivity contribution in [3.05, 3.63) is 83.9 Å². The van der Waals surface area contributed by atoms with E-state index in [1.165, 1.54) is 7.11 Å². The van der Waals surface area contributed by atoms with E-state index in [-0.39, 0.29) is 17.0 Å². The van der Waals surface area contributed by atoms with E-state index in [9.17, 15) is 22.8 Å². The molecule has 9 heteroatoms. The first-order chi connectivity index (χ1) is 15.3. The number of nitrogens with one attached hydrogen (secondary N) is 2. The van der Waals surface area contributed by atoms with Gasteiger partial charge in [-0.3, -0.25) is 9.59 Å². The molecule has 0 saturated carbocycles. The van der Waals surface area contributed by atoms with Crippen LogP contribution in [0.2, 0.25) is 0 Å². The number of carbonyl (C=O) groups excluding carboxylic acids is 2. The van der Waals surface area contributed by atoms with Crippen molar-refractivity contribution in [2.24, 2.45) is 0 Å². The van der Waals surface area contributed by atoms with Crippen molar-refractivity contribution in [2.75, 3.05) is 24.4 Å². The third kappa shape index (κ3) is 6.00. The molecule has 3 aromatic carbocycles. The first-order valence-corrected chi connectivity index (χ1v) is 9.40.